The molecule has 0 saturated carbocycles. The Labute approximate surface area is 153 Å². The van der Waals surface area contributed by atoms with Crippen molar-refractivity contribution in [1.82, 2.24) is 0 Å². The second kappa shape index (κ2) is 7.27. The van der Waals surface area contributed by atoms with Gasteiger partial charge < -0.3 is 9.02 Å². The van der Waals surface area contributed by atoms with E-state index in [1.54, 1.807) is 0 Å². The van der Waals surface area contributed by atoms with Gasteiger partial charge >= 0.3 is 0 Å². The number of benzene rings is 2. The zero-order valence-corrected chi connectivity index (χ0v) is 18.4. The Kier molecular flexibility index (Phi) is 5.71. The number of carbonyl (C=O) groups is 1. The largest absolute Gasteiger partial charge is 0.452 e. The van der Waals surface area contributed by atoms with Crippen LogP contribution >= 0.6 is 0 Å². The minimum Gasteiger partial charge on any atom is -0.452 e. The molecule has 0 spiro atoms. The smallest absolute Gasteiger partial charge is 0.205 e. The number of hydrogen-bond acceptors (Lipinski definition) is 3. The maximum absolute atomic E-state index is 12.9. The number of nitrogens with zero attached hydrogens (tertiary/aromatic N) is 1. The average molecular weight is 372 g/mol. The fourth-order valence-electron chi connectivity index (χ4n) is 3.06. The SMILES string of the molecule is CN(C)c1ccccc1C(=O)c1ccc([Si](C)(C)O[Si](C)(C)C)cc1. The lowest BCUT2D eigenvalue weighted by Gasteiger charge is -2.31. The van der Waals surface area contributed by atoms with Crippen LogP contribution in [0.3, 0.4) is 0 Å². The van der Waals surface area contributed by atoms with Crippen LogP contribution in [-0.4, -0.2) is 36.5 Å². The van der Waals surface area contributed by atoms with Crippen molar-refractivity contribution in [2.24, 2.45) is 0 Å². The first-order valence-corrected chi connectivity index (χ1v) is 14.9. The summed E-state index contributed by atoms with van der Waals surface area (Å²) in [4.78, 5) is 14.9. The van der Waals surface area contributed by atoms with Crippen molar-refractivity contribution in [1.29, 1.82) is 0 Å². The molecule has 0 amide bonds. The summed E-state index contributed by atoms with van der Waals surface area (Å²) >= 11 is 0. The van der Waals surface area contributed by atoms with Gasteiger partial charge in [0.1, 0.15) is 0 Å². The van der Waals surface area contributed by atoms with Crippen molar-refractivity contribution < 1.29 is 8.91 Å². The summed E-state index contributed by atoms with van der Waals surface area (Å²) in [5.74, 6) is 0.0569. The second-order valence-corrected chi connectivity index (χ2v) is 16.7. The van der Waals surface area contributed by atoms with Crippen LogP contribution in [0.2, 0.25) is 32.7 Å². The lowest BCUT2D eigenvalue weighted by Crippen LogP contribution is -2.51. The first-order valence-electron chi connectivity index (χ1n) is 8.63. The number of para-hydroxylation sites is 1. The number of anilines is 1. The van der Waals surface area contributed by atoms with E-state index in [-0.39, 0.29) is 5.78 Å². The van der Waals surface area contributed by atoms with E-state index in [0.29, 0.717) is 0 Å². The van der Waals surface area contributed by atoms with Crippen LogP contribution in [0.1, 0.15) is 15.9 Å². The number of carbonyl (C=O) groups excluding carboxylic acids is 1. The van der Waals surface area contributed by atoms with Crippen molar-refractivity contribution >= 4 is 33.3 Å². The molecule has 0 heterocycles. The Bertz CT molecular complexity index is 747. The number of hydrogen-bond donors (Lipinski definition) is 0. The molecule has 0 N–H and O–H groups in total. The van der Waals surface area contributed by atoms with Gasteiger partial charge in [0.25, 0.3) is 0 Å². The van der Waals surface area contributed by atoms with Crippen LogP contribution in [0.5, 0.6) is 0 Å². The molecule has 0 atom stereocenters. The highest BCUT2D eigenvalue weighted by Gasteiger charge is 2.31. The second-order valence-electron chi connectivity index (χ2n) is 8.04. The fraction of sp³-hybridized carbons (Fsp3) is 0.350. The van der Waals surface area contributed by atoms with Gasteiger partial charge in [-0.05, 0) is 50.1 Å². The Balaban J connectivity index is 2.30. The predicted molar refractivity (Wildman–Crippen MR) is 112 cm³/mol. The third-order valence-electron chi connectivity index (χ3n) is 4.03. The first-order chi connectivity index (χ1) is 11.5. The summed E-state index contributed by atoms with van der Waals surface area (Å²) in [7, 11) is 0.378. The zero-order valence-electron chi connectivity index (χ0n) is 16.4. The maximum Gasteiger partial charge on any atom is 0.205 e. The molecule has 0 aliphatic carbocycles. The summed E-state index contributed by atoms with van der Waals surface area (Å²) in [6.07, 6.45) is 0. The normalized spacial score (nSPS) is 12.1. The van der Waals surface area contributed by atoms with E-state index < -0.39 is 16.6 Å². The Hall–Kier alpha value is -1.70. The molecule has 0 saturated heterocycles. The van der Waals surface area contributed by atoms with Crippen molar-refractivity contribution in [3.63, 3.8) is 0 Å². The molecule has 0 aliphatic rings. The van der Waals surface area contributed by atoms with Crippen LogP contribution < -0.4 is 10.1 Å². The molecule has 0 bridgehead atoms. The van der Waals surface area contributed by atoms with Crippen LogP contribution in [0.4, 0.5) is 5.69 Å². The molecule has 0 aliphatic heterocycles. The molecule has 0 fully saturated rings. The maximum atomic E-state index is 12.9. The van der Waals surface area contributed by atoms with E-state index in [1.165, 1.54) is 5.19 Å². The van der Waals surface area contributed by atoms with Crippen molar-refractivity contribution in [3.05, 3.63) is 59.7 Å². The van der Waals surface area contributed by atoms with Crippen LogP contribution in [0.15, 0.2) is 48.5 Å². The Morgan fingerprint density at radius 1 is 0.880 bits per heavy atom. The molecule has 5 heteroatoms. The summed E-state index contributed by atoms with van der Waals surface area (Å²) in [5, 5.41) is 1.23. The molecule has 2 rings (SSSR count). The van der Waals surface area contributed by atoms with Gasteiger partial charge in [-0.3, -0.25) is 4.79 Å². The Morgan fingerprint density at radius 2 is 1.44 bits per heavy atom. The van der Waals surface area contributed by atoms with E-state index in [2.05, 4.69) is 44.9 Å². The van der Waals surface area contributed by atoms with E-state index in [9.17, 15) is 4.79 Å². The number of rotatable bonds is 6. The molecular weight excluding hydrogens is 342 g/mol. The molecule has 2 aromatic carbocycles. The molecule has 3 nitrogen and oxygen atoms in total. The highest BCUT2D eigenvalue weighted by molar-refractivity contribution is 6.92. The van der Waals surface area contributed by atoms with Crippen LogP contribution in [-0.2, 0) is 4.12 Å². The molecule has 0 aromatic heterocycles. The van der Waals surface area contributed by atoms with E-state index in [0.717, 1.165) is 16.8 Å². The lowest BCUT2D eigenvalue weighted by atomic mass is 10.0. The van der Waals surface area contributed by atoms with E-state index in [4.69, 9.17) is 4.12 Å². The topological polar surface area (TPSA) is 29.5 Å². The van der Waals surface area contributed by atoms with Gasteiger partial charge in [-0.1, -0.05) is 36.4 Å². The van der Waals surface area contributed by atoms with Gasteiger partial charge in [-0.25, -0.2) is 0 Å². The third-order valence-corrected chi connectivity index (χ3v) is 10.2. The van der Waals surface area contributed by atoms with Gasteiger partial charge in [0.15, 0.2) is 14.1 Å². The lowest BCUT2D eigenvalue weighted by molar-refractivity contribution is 0.103. The summed E-state index contributed by atoms with van der Waals surface area (Å²) in [6, 6.07) is 15.7. The van der Waals surface area contributed by atoms with E-state index in [1.807, 2.05) is 55.4 Å². The quantitative estimate of drug-likeness (QED) is 0.562. The van der Waals surface area contributed by atoms with Gasteiger partial charge in [-0.15, -0.1) is 0 Å². The average Bonchev–Trinajstić information content (AvgIpc) is 2.52. The van der Waals surface area contributed by atoms with Crippen LogP contribution in [0.25, 0.3) is 0 Å². The van der Waals surface area contributed by atoms with Gasteiger partial charge in [-0.2, -0.15) is 0 Å². The minimum atomic E-state index is -1.94. The summed E-state index contributed by atoms with van der Waals surface area (Å²) in [6.45, 7) is 11.1. The molecule has 25 heavy (non-hydrogen) atoms. The van der Waals surface area contributed by atoms with E-state index >= 15 is 0 Å². The monoisotopic (exact) mass is 371 g/mol. The Morgan fingerprint density at radius 3 is 1.96 bits per heavy atom. The van der Waals surface area contributed by atoms with Gasteiger partial charge in [0.05, 0.1) is 0 Å². The fourth-order valence-corrected chi connectivity index (χ4v) is 10.6. The molecule has 0 radical (unpaired) electrons. The van der Waals surface area contributed by atoms with Crippen molar-refractivity contribution in [3.8, 4) is 0 Å². The highest BCUT2D eigenvalue weighted by atomic mass is 28.4. The molecule has 0 unspecified atom stereocenters. The van der Waals surface area contributed by atoms with Gasteiger partial charge in [0.2, 0.25) is 8.32 Å². The summed E-state index contributed by atoms with van der Waals surface area (Å²) in [5.41, 5.74) is 2.39. The molecule has 2 aromatic rings. The number of ketones is 1. The third kappa shape index (κ3) is 4.90. The van der Waals surface area contributed by atoms with Gasteiger partial charge in [0, 0.05) is 30.9 Å². The molecular formula is C20H29NO2Si2. The van der Waals surface area contributed by atoms with Crippen LogP contribution in [0, 0.1) is 0 Å². The van der Waals surface area contributed by atoms with Crippen molar-refractivity contribution in [2.45, 2.75) is 32.7 Å². The first kappa shape index (κ1) is 19.6. The molecule has 134 valence electrons. The minimum absolute atomic E-state index is 0.0569. The zero-order chi connectivity index (χ0) is 18.8. The highest BCUT2D eigenvalue weighted by Crippen LogP contribution is 2.22. The standard InChI is InChI=1S/C20H29NO2Si2/c1-21(2)19-11-9-8-10-18(19)20(22)16-12-14-17(15-13-16)25(6,7)23-24(3,4)5/h8-15H,1-7H3. The summed E-state index contributed by atoms with van der Waals surface area (Å²) < 4.78 is 6.43. The van der Waals surface area contributed by atoms with Crippen molar-refractivity contribution in [2.75, 3.05) is 19.0 Å². The predicted octanol–water partition coefficient (Wildman–Crippen LogP) is 4.25.